The van der Waals surface area contributed by atoms with Gasteiger partial charge in [-0.25, -0.2) is 4.79 Å². The van der Waals surface area contributed by atoms with Crippen LogP contribution in [0.3, 0.4) is 0 Å². The van der Waals surface area contributed by atoms with Crippen LogP contribution in [0.25, 0.3) is 0 Å². The molecular weight excluding hydrogens is 273 g/mol. The Labute approximate surface area is 104 Å². The lowest BCUT2D eigenvalue weighted by atomic mass is 10.1. The molecule has 1 aromatic rings. The number of rotatable bonds is 4. The summed E-state index contributed by atoms with van der Waals surface area (Å²) in [6.45, 7) is 0. The quantitative estimate of drug-likeness (QED) is 0.859. The van der Waals surface area contributed by atoms with Gasteiger partial charge in [0.05, 0.1) is 17.4 Å². The summed E-state index contributed by atoms with van der Waals surface area (Å²) >= 11 is -1.36. The standard InChI is InChI=1S/C10H9F3O4S/c1-18(16)5-17-8-3-6(9(14)15)2-7(4-8)10(11,12)13/h2-4H,5H2,1H3,(H,14,15). The van der Waals surface area contributed by atoms with Gasteiger partial charge in [-0.1, -0.05) is 0 Å². The van der Waals surface area contributed by atoms with Gasteiger partial charge in [-0.05, 0) is 29.4 Å². The zero-order chi connectivity index (χ0) is 13.9. The van der Waals surface area contributed by atoms with Gasteiger partial charge >= 0.3 is 12.1 Å². The zero-order valence-electron chi connectivity index (χ0n) is 9.15. The van der Waals surface area contributed by atoms with Gasteiger partial charge in [0.15, 0.2) is 0 Å². The number of carbonyl (C=O) groups is 1. The fourth-order valence-corrected chi connectivity index (χ4v) is 1.42. The first-order valence-corrected chi connectivity index (χ1v) is 6.31. The van der Waals surface area contributed by atoms with E-state index in [-0.39, 0.29) is 11.7 Å². The number of aromatic carboxylic acids is 1. The monoisotopic (exact) mass is 282 g/mol. The maximum absolute atomic E-state index is 12.5. The predicted molar refractivity (Wildman–Crippen MR) is 58.0 cm³/mol. The van der Waals surface area contributed by atoms with Crippen LogP contribution in [0.4, 0.5) is 13.2 Å². The summed E-state index contributed by atoms with van der Waals surface area (Å²) in [6.07, 6.45) is -3.36. The van der Waals surface area contributed by atoms with Crippen molar-refractivity contribution in [3.63, 3.8) is 0 Å². The Balaban J connectivity index is 3.10. The largest absolute Gasteiger partial charge is 0.614 e. The molecule has 0 aliphatic carbocycles. The molecule has 8 heteroatoms. The summed E-state index contributed by atoms with van der Waals surface area (Å²) in [5, 5.41) is 8.69. The molecule has 1 unspecified atom stereocenters. The molecule has 18 heavy (non-hydrogen) atoms. The minimum atomic E-state index is -4.67. The van der Waals surface area contributed by atoms with Crippen LogP contribution in [-0.4, -0.2) is 27.8 Å². The van der Waals surface area contributed by atoms with Crippen LogP contribution in [-0.2, 0) is 17.4 Å². The number of carboxylic acids is 1. The lowest BCUT2D eigenvalue weighted by Crippen LogP contribution is -2.12. The molecule has 1 aromatic carbocycles. The van der Waals surface area contributed by atoms with E-state index in [1.165, 1.54) is 6.26 Å². The molecule has 0 radical (unpaired) electrons. The van der Waals surface area contributed by atoms with Crippen LogP contribution in [0.1, 0.15) is 15.9 Å². The lowest BCUT2D eigenvalue weighted by molar-refractivity contribution is -0.137. The van der Waals surface area contributed by atoms with E-state index in [0.29, 0.717) is 12.1 Å². The van der Waals surface area contributed by atoms with E-state index >= 15 is 0 Å². The molecule has 0 aromatic heterocycles. The molecule has 0 fully saturated rings. The minimum absolute atomic E-state index is 0.280. The van der Waals surface area contributed by atoms with Crippen LogP contribution in [0.5, 0.6) is 5.75 Å². The molecule has 0 saturated heterocycles. The summed E-state index contributed by atoms with van der Waals surface area (Å²) < 4.78 is 53.1. The van der Waals surface area contributed by atoms with E-state index in [9.17, 15) is 22.5 Å². The van der Waals surface area contributed by atoms with Gasteiger partial charge < -0.3 is 14.4 Å². The number of hydrogen-bond acceptors (Lipinski definition) is 3. The average Bonchev–Trinajstić information content (AvgIpc) is 2.24. The predicted octanol–water partition coefficient (Wildman–Crippen LogP) is 2.12. The van der Waals surface area contributed by atoms with E-state index < -0.39 is 34.4 Å². The van der Waals surface area contributed by atoms with E-state index in [0.717, 1.165) is 6.07 Å². The number of carboxylic acid groups (broad SMARTS) is 1. The van der Waals surface area contributed by atoms with Crippen molar-refractivity contribution in [2.45, 2.75) is 6.18 Å². The first-order chi connectivity index (χ1) is 8.20. The van der Waals surface area contributed by atoms with Crippen LogP contribution < -0.4 is 4.74 Å². The molecule has 1 rings (SSSR count). The molecule has 100 valence electrons. The van der Waals surface area contributed by atoms with Gasteiger partial charge in [0.2, 0.25) is 5.94 Å². The summed E-state index contributed by atoms with van der Waals surface area (Å²) in [5.41, 5.74) is -1.67. The Morgan fingerprint density at radius 2 is 2.06 bits per heavy atom. The van der Waals surface area contributed by atoms with E-state index in [2.05, 4.69) is 0 Å². The average molecular weight is 282 g/mol. The Morgan fingerprint density at radius 3 is 2.50 bits per heavy atom. The van der Waals surface area contributed by atoms with Gasteiger partial charge in [0, 0.05) is 0 Å². The molecule has 1 atom stereocenters. The molecule has 0 bridgehead atoms. The van der Waals surface area contributed by atoms with Crippen LogP contribution in [0, 0.1) is 0 Å². The molecular formula is C10H9F3O4S. The van der Waals surface area contributed by atoms with Gasteiger partial charge in [-0.15, -0.1) is 0 Å². The Bertz CT molecular complexity index is 445. The first kappa shape index (κ1) is 14.7. The molecule has 0 saturated carbocycles. The number of benzene rings is 1. The SMILES string of the molecule is C[S+]([O-])COc1cc(C(=O)O)cc(C(F)(F)F)c1. The highest BCUT2D eigenvalue weighted by atomic mass is 32.2. The second kappa shape index (κ2) is 5.49. The maximum Gasteiger partial charge on any atom is 0.416 e. The van der Waals surface area contributed by atoms with Crippen molar-refractivity contribution in [2.75, 3.05) is 12.2 Å². The molecule has 0 amide bonds. The second-order valence-electron chi connectivity index (χ2n) is 3.38. The number of halogens is 3. The van der Waals surface area contributed by atoms with Crippen LogP contribution in [0.2, 0.25) is 0 Å². The highest BCUT2D eigenvalue weighted by Gasteiger charge is 2.32. The smallest absolute Gasteiger partial charge is 0.416 e. The lowest BCUT2D eigenvalue weighted by Gasteiger charge is -2.12. The van der Waals surface area contributed by atoms with Crippen molar-refractivity contribution in [1.29, 1.82) is 0 Å². The highest BCUT2D eigenvalue weighted by Crippen LogP contribution is 2.32. The van der Waals surface area contributed by atoms with Crippen molar-refractivity contribution in [1.82, 2.24) is 0 Å². The highest BCUT2D eigenvalue weighted by molar-refractivity contribution is 7.90. The normalized spacial score (nSPS) is 13.2. The van der Waals surface area contributed by atoms with E-state index in [1.54, 1.807) is 0 Å². The summed E-state index contributed by atoms with van der Waals surface area (Å²) in [5.74, 6) is -2.08. The third-order valence-electron chi connectivity index (χ3n) is 1.87. The molecule has 0 aliphatic heterocycles. The molecule has 0 aliphatic rings. The van der Waals surface area contributed by atoms with Crippen molar-refractivity contribution in [3.05, 3.63) is 29.3 Å². The first-order valence-electron chi connectivity index (χ1n) is 4.58. The third kappa shape index (κ3) is 4.11. The van der Waals surface area contributed by atoms with Crippen LogP contribution in [0.15, 0.2) is 18.2 Å². The zero-order valence-corrected chi connectivity index (χ0v) is 9.97. The molecule has 1 N–H and O–H groups in total. The minimum Gasteiger partial charge on any atom is -0.614 e. The van der Waals surface area contributed by atoms with Crippen molar-refractivity contribution in [3.8, 4) is 5.75 Å². The summed E-state index contributed by atoms with van der Waals surface area (Å²) in [4.78, 5) is 10.7. The molecule has 0 spiro atoms. The molecule has 4 nitrogen and oxygen atoms in total. The van der Waals surface area contributed by atoms with Gasteiger partial charge in [-0.2, -0.15) is 13.2 Å². The van der Waals surface area contributed by atoms with Crippen molar-refractivity contribution < 1.29 is 32.4 Å². The van der Waals surface area contributed by atoms with Crippen molar-refractivity contribution in [2.24, 2.45) is 0 Å². The van der Waals surface area contributed by atoms with Gasteiger partial charge in [0.25, 0.3) is 0 Å². The second-order valence-corrected chi connectivity index (χ2v) is 4.77. The van der Waals surface area contributed by atoms with Gasteiger partial charge in [0.1, 0.15) is 5.75 Å². The van der Waals surface area contributed by atoms with Gasteiger partial charge in [-0.3, -0.25) is 0 Å². The summed E-state index contributed by atoms with van der Waals surface area (Å²) in [7, 11) is 0. The Morgan fingerprint density at radius 1 is 1.44 bits per heavy atom. The maximum atomic E-state index is 12.5. The Kier molecular flexibility index (Phi) is 4.47. The summed E-state index contributed by atoms with van der Waals surface area (Å²) in [6, 6.07) is 2.13. The topological polar surface area (TPSA) is 69.6 Å². The van der Waals surface area contributed by atoms with Crippen molar-refractivity contribution >= 4 is 17.1 Å². The Hall–Kier alpha value is -1.41. The fraction of sp³-hybridized carbons (Fsp3) is 0.300. The van der Waals surface area contributed by atoms with E-state index in [1.807, 2.05) is 0 Å². The number of alkyl halides is 3. The number of ether oxygens (including phenoxy) is 1. The number of hydrogen-bond donors (Lipinski definition) is 1. The fourth-order valence-electron chi connectivity index (χ4n) is 1.12. The third-order valence-corrected chi connectivity index (χ3v) is 2.32. The molecule has 0 heterocycles. The van der Waals surface area contributed by atoms with Crippen LogP contribution >= 0.6 is 0 Å². The van der Waals surface area contributed by atoms with E-state index in [4.69, 9.17) is 9.84 Å².